The SMILES string of the molecule is CCC(CC#CCc1ccc2cc(OC3CCC(C(C)(C)C)CC3)cc(C)c2c1)C(=O)OC. The maximum Gasteiger partial charge on any atom is 0.309 e. The minimum absolute atomic E-state index is 0.136. The molecule has 1 aliphatic rings. The minimum Gasteiger partial charge on any atom is -0.490 e. The third-order valence-corrected chi connectivity index (χ3v) is 7.19. The lowest BCUT2D eigenvalue weighted by Gasteiger charge is -2.37. The summed E-state index contributed by atoms with van der Waals surface area (Å²) in [6, 6.07) is 10.9. The summed E-state index contributed by atoms with van der Waals surface area (Å²) < 4.78 is 11.3. The predicted octanol–water partition coefficient (Wildman–Crippen LogP) is 7.27. The maximum absolute atomic E-state index is 11.7. The van der Waals surface area contributed by atoms with Crippen LogP contribution >= 0.6 is 0 Å². The van der Waals surface area contributed by atoms with Crippen LogP contribution < -0.4 is 4.74 Å². The number of hydrogen-bond acceptors (Lipinski definition) is 3. The number of carbonyl (C=O) groups excluding carboxylic acids is 1. The number of aryl methyl sites for hydroxylation is 1. The number of ether oxygens (including phenoxy) is 2. The molecule has 1 atom stereocenters. The lowest BCUT2D eigenvalue weighted by molar-refractivity contribution is -0.145. The smallest absolute Gasteiger partial charge is 0.309 e. The average Bonchev–Trinajstić information content (AvgIpc) is 2.78. The van der Waals surface area contributed by atoms with Crippen molar-refractivity contribution in [1.82, 2.24) is 0 Å². The first-order valence-electron chi connectivity index (χ1n) is 12.4. The topological polar surface area (TPSA) is 35.5 Å². The van der Waals surface area contributed by atoms with E-state index in [9.17, 15) is 4.79 Å². The Morgan fingerprint density at radius 2 is 1.82 bits per heavy atom. The van der Waals surface area contributed by atoms with E-state index in [0.717, 1.165) is 30.9 Å². The fourth-order valence-electron chi connectivity index (χ4n) is 4.89. The van der Waals surface area contributed by atoms with E-state index >= 15 is 0 Å². The van der Waals surface area contributed by atoms with Crippen molar-refractivity contribution in [1.29, 1.82) is 0 Å². The molecule has 0 N–H and O–H groups in total. The van der Waals surface area contributed by atoms with Crippen molar-refractivity contribution < 1.29 is 14.3 Å². The summed E-state index contributed by atoms with van der Waals surface area (Å²) in [6.07, 6.45) is 7.10. The molecule has 0 heterocycles. The molecule has 3 rings (SSSR count). The van der Waals surface area contributed by atoms with Crippen molar-refractivity contribution in [3.05, 3.63) is 41.5 Å². The number of methoxy groups -OCH3 is 1. The van der Waals surface area contributed by atoms with Crippen molar-refractivity contribution in [2.75, 3.05) is 7.11 Å². The highest BCUT2D eigenvalue weighted by Crippen LogP contribution is 2.39. The van der Waals surface area contributed by atoms with Gasteiger partial charge in [0.05, 0.1) is 19.1 Å². The van der Waals surface area contributed by atoms with Gasteiger partial charge in [-0.3, -0.25) is 4.79 Å². The minimum atomic E-state index is -0.173. The summed E-state index contributed by atoms with van der Waals surface area (Å²) in [5.41, 5.74) is 2.82. The molecule has 0 amide bonds. The first-order chi connectivity index (χ1) is 15.7. The van der Waals surface area contributed by atoms with E-state index in [2.05, 4.69) is 69.9 Å². The molecule has 33 heavy (non-hydrogen) atoms. The van der Waals surface area contributed by atoms with Crippen LogP contribution in [0.15, 0.2) is 30.3 Å². The van der Waals surface area contributed by atoms with Gasteiger partial charge in [0.25, 0.3) is 0 Å². The quantitative estimate of drug-likeness (QED) is 0.344. The highest BCUT2D eigenvalue weighted by Gasteiger charge is 2.30. The lowest BCUT2D eigenvalue weighted by atomic mass is 9.72. The summed E-state index contributed by atoms with van der Waals surface area (Å²) in [5.74, 6) is 7.86. The van der Waals surface area contributed by atoms with Crippen molar-refractivity contribution in [3.63, 3.8) is 0 Å². The molecule has 0 aliphatic heterocycles. The van der Waals surface area contributed by atoms with E-state index in [0.29, 0.717) is 24.4 Å². The van der Waals surface area contributed by atoms with E-state index < -0.39 is 0 Å². The zero-order valence-electron chi connectivity index (χ0n) is 21.3. The van der Waals surface area contributed by atoms with Crippen LogP contribution in [0.3, 0.4) is 0 Å². The monoisotopic (exact) mass is 448 g/mol. The van der Waals surface area contributed by atoms with Crippen LogP contribution in [0.4, 0.5) is 0 Å². The normalized spacial score (nSPS) is 19.5. The largest absolute Gasteiger partial charge is 0.490 e. The Hall–Kier alpha value is -2.47. The third-order valence-electron chi connectivity index (χ3n) is 7.19. The summed E-state index contributed by atoms with van der Waals surface area (Å²) in [6.45, 7) is 11.2. The number of carbonyl (C=O) groups is 1. The first kappa shape index (κ1) is 25.2. The molecule has 2 aromatic carbocycles. The van der Waals surface area contributed by atoms with Gasteiger partial charge < -0.3 is 9.47 Å². The summed E-state index contributed by atoms with van der Waals surface area (Å²) in [5, 5.41) is 2.46. The van der Waals surface area contributed by atoms with Crippen LogP contribution in [-0.4, -0.2) is 19.2 Å². The molecule has 3 nitrogen and oxygen atoms in total. The van der Waals surface area contributed by atoms with Gasteiger partial charge in [-0.2, -0.15) is 0 Å². The number of rotatable bonds is 6. The summed E-state index contributed by atoms with van der Waals surface area (Å²) in [4.78, 5) is 11.7. The van der Waals surface area contributed by atoms with Crippen molar-refractivity contribution in [3.8, 4) is 17.6 Å². The fourth-order valence-corrected chi connectivity index (χ4v) is 4.89. The fraction of sp³-hybridized carbons (Fsp3) is 0.567. The molecule has 0 aromatic heterocycles. The summed E-state index contributed by atoms with van der Waals surface area (Å²) >= 11 is 0. The number of esters is 1. The van der Waals surface area contributed by atoms with Gasteiger partial charge >= 0.3 is 5.97 Å². The van der Waals surface area contributed by atoms with Crippen molar-refractivity contribution in [2.24, 2.45) is 17.3 Å². The molecule has 1 saturated carbocycles. The highest BCUT2D eigenvalue weighted by atomic mass is 16.5. The van der Waals surface area contributed by atoms with Gasteiger partial charge in [-0.05, 0) is 90.5 Å². The van der Waals surface area contributed by atoms with Gasteiger partial charge in [0.15, 0.2) is 0 Å². The molecule has 0 radical (unpaired) electrons. The zero-order chi connectivity index (χ0) is 24.0. The molecule has 0 spiro atoms. The second-order valence-electron chi connectivity index (χ2n) is 10.6. The van der Waals surface area contributed by atoms with Gasteiger partial charge in [-0.25, -0.2) is 0 Å². The van der Waals surface area contributed by atoms with Crippen LogP contribution in [0.1, 0.15) is 77.3 Å². The Kier molecular flexibility index (Phi) is 8.46. The molecule has 1 unspecified atom stereocenters. The molecule has 2 aromatic rings. The van der Waals surface area contributed by atoms with Crippen LogP contribution in [0.5, 0.6) is 5.75 Å². The average molecular weight is 449 g/mol. The number of benzene rings is 2. The Bertz CT molecular complexity index is 1010. The van der Waals surface area contributed by atoms with Crippen molar-refractivity contribution in [2.45, 2.75) is 85.7 Å². The maximum atomic E-state index is 11.7. The van der Waals surface area contributed by atoms with Gasteiger partial charge in [0.1, 0.15) is 5.75 Å². The Morgan fingerprint density at radius 3 is 2.45 bits per heavy atom. The molecule has 1 aliphatic carbocycles. The number of fused-ring (bicyclic) bond motifs is 1. The Morgan fingerprint density at radius 1 is 1.09 bits per heavy atom. The third kappa shape index (κ3) is 6.76. The molecule has 3 heteroatoms. The molecule has 0 saturated heterocycles. The first-order valence-corrected chi connectivity index (χ1v) is 12.4. The van der Waals surface area contributed by atoms with E-state index in [4.69, 9.17) is 9.47 Å². The van der Waals surface area contributed by atoms with E-state index in [1.165, 1.54) is 41.9 Å². The second-order valence-corrected chi connectivity index (χ2v) is 10.6. The number of hydrogen-bond donors (Lipinski definition) is 0. The lowest BCUT2D eigenvalue weighted by Crippen LogP contribution is -2.30. The molecule has 1 fully saturated rings. The molecular weight excluding hydrogens is 408 g/mol. The Labute approximate surface area is 200 Å². The van der Waals surface area contributed by atoms with E-state index in [1.807, 2.05) is 6.92 Å². The molecular formula is C30H40O3. The van der Waals surface area contributed by atoms with Crippen LogP contribution in [0.2, 0.25) is 0 Å². The van der Waals surface area contributed by atoms with E-state index in [-0.39, 0.29) is 11.9 Å². The standard InChI is InChI=1S/C30H40O3/c1-7-23(29(31)32-6)11-9-8-10-22-12-13-24-20-27(18-21(2)28(24)19-22)33-26-16-14-25(15-17-26)30(3,4)5/h12-13,18-20,23,25-26H,7,10-11,14-17H2,1-6H3. The highest BCUT2D eigenvalue weighted by molar-refractivity contribution is 5.87. The van der Waals surface area contributed by atoms with Crippen LogP contribution in [-0.2, 0) is 16.0 Å². The molecule has 178 valence electrons. The molecule has 0 bridgehead atoms. The van der Waals surface area contributed by atoms with Gasteiger partial charge in [0.2, 0.25) is 0 Å². The zero-order valence-corrected chi connectivity index (χ0v) is 21.3. The van der Waals surface area contributed by atoms with Gasteiger partial charge in [0, 0.05) is 12.8 Å². The van der Waals surface area contributed by atoms with E-state index in [1.54, 1.807) is 0 Å². The van der Waals surface area contributed by atoms with Crippen molar-refractivity contribution >= 4 is 16.7 Å². The predicted molar refractivity (Wildman–Crippen MR) is 136 cm³/mol. The van der Waals surface area contributed by atoms with Gasteiger partial charge in [-0.15, -0.1) is 5.92 Å². The Balaban J connectivity index is 1.63. The second kappa shape index (κ2) is 11.1. The van der Waals surface area contributed by atoms with Gasteiger partial charge in [-0.1, -0.05) is 45.7 Å². The summed E-state index contributed by atoms with van der Waals surface area (Å²) in [7, 11) is 1.43. The van der Waals surface area contributed by atoms with Crippen LogP contribution in [0, 0.1) is 36.0 Å². The van der Waals surface area contributed by atoms with Crippen LogP contribution in [0.25, 0.3) is 10.8 Å².